The molecular formula is C26H32O3. The molecule has 3 fully saturated rings. The second kappa shape index (κ2) is 6.55. The van der Waals surface area contributed by atoms with Crippen molar-refractivity contribution in [2.75, 3.05) is 7.11 Å². The van der Waals surface area contributed by atoms with Gasteiger partial charge in [-0.3, -0.25) is 9.59 Å². The van der Waals surface area contributed by atoms with Crippen LogP contribution in [0.5, 0.6) is 5.75 Å². The number of hydrogen-bond donors (Lipinski definition) is 0. The lowest BCUT2D eigenvalue weighted by Gasteiger charge is -2.59. The van der Waals surface area contributed by atoms with Gasteiger partial charge < -0.3 is 4.74 Å². The number of methoxy groups -OCH3 is 1. The summed E-state index contributed by atoms with van der Waals surface area (Å²) >= 11 is 0. The number of carbonyl (C=O) groups excluding carboxylic acids is 2. The van der Waals surface area contributed by atoms with Gasteiger partial charge in [0.2, 0.25) is 0 Å². The fourth-order valence-electron chi connectivity index (χ4n) is 7.57. The van der Waals surface area contributed by atoms with Gasteiger partial charge in [-0.15, -0.1) is 0 Å². The van der Waals surface area contributed by atoms with Gasteiger partial charge in [-0.25, -0.2) is 0 Å². The number of rotatable bonds is 2. The normalized spacial score (nSPS) is 41.3. The molecule has 0 N–H and O–H groups in total. The zero-order chi connectivity index (χ0) is 20.4. The zero-order valence-electron chi connectivity index (χ0n) is 17.9. The molecule has 154 valence electrons. The molecule has 0 unspecified atom stereocenters. The molecule has 4 aliphatic rings. The van der Waals surface area contributed by atoms with Gasteiger partial charge in [-0.05, 0) is 79.0 Å². The van der Waals surface area contributed by atoms with Crippen LogP contribution >= 0.6 is 0 Å². The summed E-state index contributed by atoms with van der Waals surface area (Å²) in [5.74, 6) is 3.59. The van der Waals surface area contributed by atoms with Crippen LogP contribution in [0.2, 0.25) is 0 Å². The van der Waals surface area contributed by atoms with E-state index < -0.39 is 0 Å². The van der Waals surface area contributed by atoms with E-state index in [1.165, 1.54) is 11.1 Å². The van der Waals surface area contributed by atoms with Crippen LogP contribution in [0, 0.1) is 28.6 Å². The minimum Gasteiger partial charge on any atom is -0.497 e. The minimum absolute atomic E-state index is 0.0778. The molecule has 1 aromatic rings. The van der Waals surface area contributed by atoms with E-state index in [9.17, 15) is 9.59 Å². The summed E-state index contributed by atoms with van der Waals surface area (Å²) in [4.78, 5) is 25.2. The van der Waals surface area contributed by atoms with Crippen molar-refractivity contribution in [1.82, 2.24) is 0 Å². The Bertz CT molecular complexity index is 882. The summed E-state index contributed by atoms with van der Waals surface area (Å²) in [5, 5.41) is 0. The number of ketones is 2. The second-order valence-corrected chi connectivity index (χ2v) is 10.3. The first-order valence-electron chi connectivity index (χ1n) is 11.3. The molecule has 5 rings (SSSR count). The molecular weight excluding hydrogens is 360 g/mol. The van der Waals surface area contributed by atoms with Crippen LogP contribution in [0.3, 0.4) is 0 Å². The molecule has 0 heterocycles. The SMILES string of the molecule is COc1ccc([C@H]2C[C@@H]3[C@H](CC[C@]4(C)C(=O)CC[C@@H]34)[C@@]3(C)CCC(=O)C=C23)cc1. The van der Waals surface area contributed by atoms with E-state index in [0.29, 0.717) is 30.0 Å². The molecule has 0 aliphatic heterocycles. The van der Waals surface area contributed by atoms with Crippen LogP contribution in [0.4, 0.5) is 0 Å². The lowest BCUT2D eigenvalue weighted by Crippen LogP contribution is -2.52. The van der Waals surface area contributed by atoms with Crippen LogP contribution in [-0.2, 0) is 9.59 Å². The van der Waals surface area contributed by atoms with E-state index in [1.807, 2.05) is 18.2 Å². The summed E-state index contributed by atoms with van der Waals surface area (Å²) in [6.07, 6.45) is 8.65. The van der Waals surface area contributed by atoms with E-state index >= 15 is 0 Å². The van der Waals surface area contributed by atoms with Crippen molar-refractivity contribution in [1.29, 1.82) is 0 Å². The third-order valence-electron chi connectivity index (χ3n) is 9.23. The van der Waals surface area contributed by atoms with Crippen LogP contribution in [0.1, 0.15) is 70.3 Å². The fourth-order valence-corrected chi connectivity index (χ4v) is 7.57. The maximum Gasteiger partial charge on any atom is 0.155 e. The minimum atomic E-state index is -0.117. The van der Waals surface area contributed by atoms with Gasteiger partial charge in [-0.1, -0.05) is 31.6 Å². The summed E-state index contributed by atoms with van der Waals surface area (Å²) in [7, 11) is 1.69. The molecule has 0 radical (unpaired) electrons. The molecule has 0 spiro atoms. The first-order valence-corrected chi connectivity index (χ1v) is 11.3. The Balaban J connectivity index is 1.59. The van der Waals surface area contributed by atoms with Crippen molar-refractivity contribution < 1.29 is 14.3 Å². The van der Waals surface area contributed by atoms with Crippen molar-refractivity contribution >= 4 is 11.6 Å². The Kier molecular flexibility index (Phi) is 4.31. The summed E-state index contributed by atoms with van der Waals surface area (Å²) < 4.78 is 5.36. The maximum absolute atomic E-state index is 12.8. The summed E-state index contributed by atoms with van der Waals surface area (Å²) in [6.45, 7) is 4.65. The average molecular weight is 393 g/mol. The lowest BCUT2D eigenvalue weighted by atomic mass is 9.45. The molecule has 3 nitrogen and oxygen atoms in total. The molecule has 0 saturated heterocycles. The Labute approximate surface area is 173 Å². The monoisotopic (exact) mass is 392 g/mol. The van der Waals surface area contributed by atoms with E-state index in [4.69, 9.17) is 4.74 Å². The lowest BCUT2D eigenvalue weighted by molar-refractivity contribution is -0.132. The summed E-state index contributed by atoms with van der Waals surface area (Å²) in [5.41, 5.74) is 2.60. The highest BCUT2D eigenvalue weighted by atomic mass is 16.5. The van der Waals surface area contributed by atoms with Crippen LogP contribution in [-0.4, -0.2) is 18.7 Å². The smallest absolute Gasteiger partial charge is 0.155 e. The quantitative estimate of drug-likeness (QED) is 0.668. The number of allylic oxidation sites excluding steroid dienone is 1. The Morgan fingerprint density at radius 2 is 1.66 bits per heavy atom. The molecule has 3 heteroatoms. The number of carbonyl (C=O) groups is 2. The van der Waals surface area contributed by atoms with Gasteiger partial charge in [-0.2, -0.15) is 0 Å². The molecule has 6 atom stereocenters. The highest BCUT2D eigenvalue weighted by molar-refractivity contribution is 5.92. The molecule has 0 bridgehead atoms. The Morgan fingerprint density at radius 3 is 2.38 bits per heavy atom. The van der Waals surface area contributed by atoms with Crippen molar-refractivity contribution in [3.8, 4) is 5.75 Å². The molecule has 0 aromatic heterocycles. The van der Waals surface area contributed by atoms with Crippen molar-refractivity contribution in [3.05, 3.63) is 41.5 Å². The number of Topliss-reactive ketones (excluding diaryl/α,β-unsaturated/α-hetero) is 1. The molecule has 3 saturated carbocycles. The van der Waals surface area contributed by atoms with E-state index in [0.717, 1.165) is 44.3 Å². The molecule has 4 aliphatic carbocycles. The number of fused-ring (bicyclic) bond motifs is 5. The molecule has 29 heavy (non-hydrogen) atoms. The van der Waals surface area contributed by atoms with Gasteiger partial charge in [0.1, 0.15) is 11.5 Å². The Morgan fingerprint density at radius 1 is 0.931 bits per heavy atom. The summed E-state index contributed by atoms with van der Waals surface area (Å²) in [6, 6.07) is 8.42. The number of ether oxygens (including phenoxy) is 1. The largest absolute Gasteiger partial charge is 0.497 e. The van der Waals surface area contributed by atoms with Crippen molar-refractivity contribution in [2.24, 2.45) is 28.6 Å². The van der Waals surface area contributed by atoms with Crippen LogP contribution in [0.25, 0.3) is 0 Å². The fraction of sp³-hybridized carbons (Fsp3) is 0.615. The van der Waals surface area contributed by atoms with Crippen LogP contribution in [0.15, 0.2) is 35.9 Å². The van der Waals surface area contributed by atoms with Gasteiger partial charge >= 0.3 is 0 Å². The highest BCUT2D eigenvalue weighted by Crippen LogP contribution is 2.66. The van der Waals surface area contributed by atoms with Crippen molar-refractivity contribution in [2.45, 2.75) is 64.7 Å². The third kappa shape index (κ3) is 2.69. The number of hydrogen-bond acceptors (Lipinski definition) is 3. The van der Waals surface area contributed by atoms with E-state index in [2.05, 4.69) is 26.0 Å². The topological polar surface area (TPSA) is 43.4 Å². The van der Waals surface area contributed by atoms with E-state index in [1.54, 1.807) is 7.11 Å². The van der Waals surface area contributed by atoms with Gasteiger partial charge in [0, 0.05) is 24.2 Å². The first kappa shape index (κ1) is 19.1. The van der Waals surface area contributed by atoms with Crippen molar-refractivity contribution in [3.63, 3.8) is 0 Å². The predicted molar refractivity (Wildman–Crippen MR) is 113 cm³/mol. The van der Waals surface area contributed by atoms with Gasteiger partial charge in [0.25, 0.3) is 0 Å². The molecule has 1 aromatic carbocycles. The van der Waals surface area contributed by atoms with E-state index in [-0.39, 0.29) is 22.5 Å². The standard InChI is InChI=1S/C26H32O3/c1-25-12-10-17(27)14-23(25)19(16-4-6-18(29-3)7-5-16)15-20-21-8-9-24(28)26(21,2)13-11-22(20)25/h4-7,14,19-22H,8-13,15H2,1-3H3/t19-,20+,21+,22+,25-,26+/m1/s1. The third-order valence-corrected chi connectivity index (χ3v) is 9.23. The Hall–Kier alpha value is -1.90. The maximum atomic E-state index is 12.8. The zero-order valence-corrected chi connectivity index (χ0v) is 17.9. The molecule has 0 amide bonds. The van der Waals surface area contributed by atoms with Crippen LogP contribution < -0.4 is 4.74 Å². The average Bonchev–Trinajstić information content (AvgIpc) is 3.03. The highest BCUT2D eigenvalue weighted by Gasteiger charge is 2.60. The predicted octanol–water partition coefficient (Wildman–Crippen LogP) is 5.49. The van der Waals surface area contributed by atoms with Gasteiger partial charge in [0.15, 0.2) is 5.78 Å². The second-order valence-electron chi connectivity index (χ2n) is 10.3. The number of benzene rings is 1. The first-order chi connectivity index (χ1) is 13.9. The van der Waals surface area contributed by atoms with Gasteiger partial charge in [0.05, 0.1) is 7.11 Å².